The molecule has 2 atom stereocenters. The van der Waals surface area contributed by atoms with Crippen molar-refractivity contribution in [2.24, 2.45) is 0 Å². The summed E-state index contributed by atoms with van der Waals surface area (Å²) in [5, 5.41) is 9.81. The van der Waals surface area contributed by atoms with Crippen molar-refractivity contribution in [3.05, 3.63) is 59.4 Å². The van der Waals surface area contributed by atoms with Crippen LogP contribution in [0.15, 0.2) is 42.5 Å². The molecule has 0 saturated carbocycles. The average Bonchev–Trinajstić information content (AvgIpc) is 2.74. The predicted molar refractivity (Wildman–Crippen MR) is 101 cm³/mol. The maximum absolute atomic E-state index is 13.1. The van der Waals surface area contributed by atoms with Gasteiger partial charge in [0.05, 0.1) is 39.9 Å². The van der Waals surface area contributed by atoms with Crippen LogP contribution in [-0.2, 0) is 16.0 Å². The smallest absolute Gasteiger partial charge is 0.227 e. The van der Waals surface area contributed by atoms with Gasteiger partial charge in [-0.05, 0) is 35.4 Å². The number of ether oxygens (including phenoxy) is 3. The molecule has 1 saturated heterocycles. The standard InChI is InChI=1S/C21H24FNO5/c1-26-17-8-5-15(12-18(17)27-2)21-19(13-24)28-10-9-23(21)20(25)11-14-3-6-16(22)7-4-14/h3-8,12,19,21,24H,9-11,13H2,1-2H3. The summed E-state index contributed by atoms with van der Waals surface area (Å²) in [6.07, 6.45) is -0.411. The number of nitrogens with zero attached hydrogens (tertiary/aromatic N) is 1. The number of amides is 1. The summed E-state index contributed by atoms with van der Waals surface area (Å²) in [6, 6.07) is 10.8. The van der Waals surface area contributed by atoms with Gasteiger partial charge < -0.3 is 24.2 Å². The lowest BCUT2D eigenvalue weighted by atomic mass is 9.97. The lowest BCUT2D eigenvalue weighted by molar-refractivity contribution is -0.149. The van der Waals surface area contributed by atoms with Crippen molar-refractivity contribution in [1.82, 2.24) is 4.90 Å². The fourth-order valence-electron chi connectivity index (χ4n) is 3.48. The quantitative estimate of drug-likeness (QED) is 0.822. The van der Waals surface area contributed by atoms with Crippen molar-refractivity contribution in [1.29, 1.82) is 0 Å². The van der Waals surface area contributed by atoms with Crippen LogP contribution in [0.2, 0.25) is 0 Å². The molecule has 2 unspecified atom stereocenters. The zero-order chi connectivity index (χ0) is 20.1. The second-order valence-electron chi connectivity index (χ2n) is 6.54. The highest BCUT2D eigenvalue weighted by atomic mass is 19.1. The second kappa shape index (κ2) is 9.03. The van der Waals surface area contributed by atoms with E-state index in [1.165, 1.54) is 12.1 Å². The number of benzene rings is 2. The van der Waals surface area contributed by atoms with E-state index >= 15 is 0 Å². The molecule has 0 aromatic heterocycles. The van der Waals surface area contributed by atoms with E-state index < -0.39 is 12.1 Å². The van der Waals surface area contributed by atoms with Crippen LogP contribution < -0.4 is 9.47 Å². The average molecular weight is 389 g/mol. The lowest BCUT2D eigenvalue weighted by Crippen LogP contribution is -2.49. The maximum Gasteiger partial charge on any atom is 0.227 e. The molecule has 1 N–H and O–H groups in total. The Balaban J connectivity index is 1.89. The number of carbonyl (C=O) groups is 1. The van der Waals surface area contributed by atoms with Crippen molar-refractivity contribution < 1.29 is 28.5 Å². The van der Waals surface area contributed by atoms with Gasteiger partial charge in [0.25, 0.3) is 0 Å². The summed E-state index contributed by atoms with van der Waals surface area (Å²) in [5.41, 5.74) is 1.51. The summed E-state index contributed by atoms with van der Waals surface area (Å²) in [5.74, 6) is 0.653. The van der Waals surface area contributed by atoms with E-state index in [0.717, 1.165) is 11.1 Å². The molecule has 150 valence electrons. The molecule has 6 nitrogen and oxygen atoms in total. The van der Waals surface area contributed by atoms with Crippen LogP contribution in [0.5, 0.6) is 11.5 Å². The van der Waals surface area contributed by atoms with E-state index in [2.05, 4.69) is 0 Å². The SMILES string of the molecule is COc1ccc(C2C(CO)OCCN2C(=O)Cc2ccc(F)cc2)cc1OC. The van der Waals surface area contributed by atoms with Gasteiger partial charge in [-0.15, -0.1) is 0 Å². The Labute approximate surface area is 163 Å². The van der Waals surface area contributed by atoms with E-state index in [1.54, 1.807) is 43.4 Å². The fourth-order valence-corrected chi connectivity index (χ4v) is 3.48. The number of aliphatic hydroxyl groups is 1. The van der Waals surface area contributed by atoms with Crippen LogP contribution in [0.1, 0.15) is 17.2 Å². The van der Waals surface area contributed by atoms with Crippen LogP contribution in [0.4, 0.5) is 4.39 Å². The number of rotatable bonds is 6. The first-order valence-electron chi connectivity index (χ1n) is 9.05. The van der Waals surface area contributed by atoms with Gasteiger partial charge in [0.15, 0.2) is 11.5 Å². The molecule has 2 aromatic carbocycles. The molecule has 1 aliphatic rings. The minimum atomic E-state index is -0.552. The molecule has 0 aliphatic carbocycles. The van der Waals surface area contributed by atoms with Crippen molar-refractivity contribution in [2.45, 2.75) is 18.6 Å². The third-order valence-electron chi connectivity index (χ3n) is 4.87. The van der Waals surface area contributed by atoms with E-state index in [-0.39, 0.29) is 24.8 Å². The molecular formula is C21H24FNO5. The van der Waals surface area contributed by atoms with Gasteiger partial charge in [-0.25, -0.2) is 4.39 Å². The number of methoxy groups -OCH3 is 2. The largest absolute Gasteiger partial charge is 0.493 e. The molecule has 0 bridgehead atoms. The van der Waals surface area contributed by atoms with Gasteiger partial charge in [0, 0.05) is 6.54 Å². The highest BCUT2D eigenvalue weighted by Crippen LogP contribution is 2.35. The first kappa shape index (κ1) is 20.1. The lowest BCUT2D eigenvalue weighted by Gasteiger charge is -2.41. The third-order valence-corrected chi connectivity index (χ3v) is 4.87. The normalized spacial score (nSPS) is 19.4. The number of carbonyl (C=O) groups excluding carboxylic acids is 1. The van der Waals surface area contributed by atoms with Gasteiger partial charge in [0.2, 0.25) is 5.91 Å². The summed E-state index contributed by atoms with van der Waals surface area (Å²) < 4.78 is 29.5. The molecule has 2 aromatic rings. The second-order valence-corrected chi connectivity index (χ2v) is 6.54. The molecule has 0 spiro atoms. The zero-order valence-electron chi connectivity index (χ0n) is 15.9. The van der Waals surface area contributed by atoms with Gasteiger partial charge >= 0.3 is 0 Å². The number of hydrogen-bond acceptors (Lipinski definition) is 5. The zero-order valence-corrected chi connectivity index (χ0v) is 15.9. The van der Waals surface area contributed by atoms with Crippen molar-refractivity contribution in [3.63, 3.8) is 0 Å². The molecule has 1 aliphatic heterocycles. The number of aliphatic hydroxyl groups excluding tert-OH is 1. The summed E-state index contributed by atoms with van der Waals surface area (Å²) in [4.78, 5) is 14.7. The minimum absolute atomic E-state index is 0.117. The summed E-state index contributed by atoms with van der Waals surface area (Å²) >= 11 is 0. The first-order valence-corrected chi connectivity index (χ1v) is 9.05. The Bertz CT molecular complexity index is 811. The van der Waals surface area contributed by atoms with E-state index in [0.29, 0.717) is 24.7 Å². The van der Waals surface area contributed by atoms with Crippen LogP contribution in [0.3, 0.4) is 0 Å². The summed E-state index contributed by atoms with van der Waals surface area (Å²) in [6.45, 7) is 0.513. The molecule has 7 heteroatoms. The van der Waals surface area contributed by atoms with Crippen LogP contribution >= 0.6 is 0 Å². The topological polar surface area (TPSA) is 68.2 Å². The first-order chi connectivity index (χ1) is 13.6. The van der Waals surface area contributed by atoms with Gasteiger partial charge in [0.1, 0.15) is 11.9 Å². The van der Waals surface area contributed by atoms with Crippen molar-refractivity contribution >= 4 is 5.91 Å². The monoisotopic (exact) mass is 389 g/mol. The molecule has 3 rings (SSSR count). The molecule has 28 heavy (non-hydrogen) atoms. The maximum atomic E-state index is 13.1. The molecular weight excluding hydrogens is 365 g/mol. The van der Waals surface area contributed by atoms with E-state index in [9.17, 15) is 14.3 Å². The van der Waals surface area contributed by atoms with Crippen LogP contribution in [0, 0.1) is 5.82 Å². The minimum Gasteiger partial charge on any atom is -0.493 e. The summed E-state index contributed by atoms with van der Waals surface area (Å²) in [7, 11) is 3.09. The Hall–Kier alpha value is -2.64. The van der Waals surface area contributed by atoms with E-state index in [4.69, 9.17) is 14.2 Å². The van der Waals surface area contributed by atoms with Crippen LogP contribution in [-0.4, -0.2) is 56.0 Å². The van der Waals surface area contributed by atoms with Gasteiger partial charge in [-0.2, -0.15) is 0 Å². The molecule has 1 heterocycles. The molecule has 1 fully saturated rings. The predicted octanol–water partition coefficient (Wildman–Crippen LogP) is 2.35. The molecule has 1 amide bonds. The molecule has 0 radical (unpaired) electrons. The Morgan fingerprint density at radius 1 is 1.18 bits per heavy atom. The number of halogens is 1. The third kappa shape index (κ3) is 4.26. The highest BCUT2D eigenvalue weighted by Gasteiger charge is 2.36. The Morgan fingerprint density at radius 3 is 2.54 bits per heavy atom. The van der Waals surface area contributed by atoms with Crippen LogP contribution in [0.25, 0.3) is 0 Å². The number of morpholine rings is 1. The van der Waals surface area contributed by atoms with Gasteiger partial charge in [-0.3, -0.25) is 4.79 Å². The Morgan fingerprint density at radius 2 is 1.89 bits per heavy atom. The van der Waals surface area contributed by atoms with Gasteiger partial charge in [-0.1, -0.05) is 18.2 Å². The Kier molecular flexibility index (Phi) is 6.49. The highest BCUT2D eigenvalue weighted by molar-refractivity contribution is 5.79. The van der Waals surface area contributed by atoms with E-state index in [1.807, 2.05) is 6.07 Å². The number of hydrogen-bond donors (Lipinski definition) is 1. The van der Waals surface area contributed by atoms with Crippen molar-refractivity contribution in [2.75, 3.05) is 34.0 Å². The fraction of sp³-hybridized carbons (Fsp3) is 0.381. The van der Waals surface area contributed by atoms with Crippen molar-refractivity contribution in [3.8, 4) is 11.5 Å².